The molecule has 3 N–H and O–H groups in total. The van der Waals surface area contributed by atoms with Crippen molar-refractivity contribution < 1.29 is 19.2 Å². The maximum atomic E-state index is 12.0. The molecule has 0 atom stereocenters. The zero-order chi connectivity index (χ0) is 17.5. The van der Waals surface area contributed by atoms with E-state index in [0.717, 1.165) is 6.07 Å². The lowest BCUT2D eigenvalue weighted by molar-refractivity contribution is -0.384. The Bertz CT molecular complexity index is 802. The van der Waals surface area contributed by atoms with Gasteiger partial charge in [-0.1, -0.05) is 6.07 Å². The summed E-state index contributed by atoms with van der Waals surface area (Å²) in [6.45, 7) is 0. The van der Waals surface area contributed by atoms with Crippen molar-refractivity contribution in [3.63, 3.8) is 0 Å². The van der Waals surface area contributed by atoms with E-state index in [1.165, 1.54) is 36.5 Å². The molecular formula is C15H12N4O5. The molecule has 0 fully saturated rings. The third-order valence-corrected chi connectivity index (χ3v) is 2.77. The number of nitrogens with one attached hydrogen (secondary N) is 1. The molecule has 122 valence electrons. The highest BCUT2D eigenvalue weighted by molar-refractivity contribution is 5.91. The molecule has 0 spiro atoms. The number of nitrogens with two attached hydrogens (primary N) is 1. The Morgan fingerprint density at radius 2 is 1.92 bits per heavy atom. The number of ether oxygens (including phenoxy) is 1. The molecule has 0 aliphatic heterocycles. The summed E-state index contributed by atoms with van der Waals surface area (Å²) < 4.78 is 5.14. The standard InChI is InChI=1S/C15H12N4O5/c16-15(21)18-17-9-10-4-6-13(7-5-10)24-14(20)11-2-1-3-12(8-11)19(22)23/h1-9H,(H3,16,18,21)/b17-9-. The molecule has 2 rings (SSSR count). The summed E-state index contributed by atoms with van der Waals surface area (Å²) >= 11 is 0. The first-order valence-corrected chi connectivity index (χ1v) is 6.61. The largest absolute Gasteiger partial charge is 0.423 e. The maximum absolute atomic E-state index is 12.0. The lowest BCUT2D eigenvalue weighted by Gasteiger charge is -2.04. The Balaban J connectivity index is 2.04. The normalized spacial score (nSPS) is 10.3. The number of primary amides is 1. The van der Waals surface area contributed by atoms with Crippen LogP contribution in [-0.4, -0.2) is 23.1 Å². The Morgan fingerprint density at radius 3 is 2.54 bits per heavy atom. The second-order valence-corrected chi connectivity index (χ2v) is 4.50. The van der Waals surface area contributed by atoms with Crippen LogP contribution in [0.5, 0.6) is 5.75 Å². The highest BCUT2D eigenvalue weighted by Crippen LogP contribution is 2.17. The number of amides is 2. The Labute approximate surface area is 135 Å². The lowest BCUT2D eigenvalue weighted by atomic mass is 10.2. The zero-order valence-electron chi connectivity index (χ0n) is 12.2. The van der Waals surface area contributed by atoms with Crippen molar-refractivity contribution >= 4 is 23.9 Å². The fourth-order valence-corrected chi connectivity index (χ4v) is 1.70. The Morgan fingerprint density at radius 1 is 1.21 bits per heavy atom. The average molecular weight is 328 g/mol. The third kappa shape index (κ3) is 4.63. The second-order valence-electron chi connectivity index (χ2n) is 4.50. The van der Waals surface area contributed by atoms with E-state index in [4.69, 9.17) is 10.5 Å². The molecule has 9 heteroatoms. The van der Waals surface area contributed by atoms with Crippen molar-refractivity contribution in [1.29, 1.82) is 0 Å². The molecule has 2 amide bonds. The van der Waals surface area contributed by atoms with Gasteiger partial charge in [-0.2, -0.15) is 5.10 Å². The van der Waals surface area contributed by atoms with Crippen LogP contribution in [0.25, 0.3) is 0 Å². The molecule has 0 aromatic heterocycles. The number of carbonyl (C=O) groups is 2. The lowest BCUT2D eigenvalue weighted by Crippen LogP contribution is -2.24. The summed E-state index contributed by atoms with van der Waals surface area (Å²) in [5.41, 5.74) is 7.41. The monoisotopic (exact) mass is 328 g/mol. The molecular weight excluding hydrogens is 316 g/mol. The molecule has 0 saturated heterocycles. The molecule has 0 bridgehead atoms. The van der Waals surface area contributed by atoms with Crippen LogP contribution in [0.1, 0.15) is 15.9 Å². The number of benzene rings is 2. The summed E-state index contributed by atoms with van der Waals surface area (Å²) in [4.78, 5) is 32.6. The van der Waals surface area contributed by atoms with Gasteiger partial charge in [-0.3, -0.25) is 10.1 Å². The number of carbonyl (C=O) groups excluding carboxylic acids is 2. The van der Waals surface area contributed by atoms with Gasteiger partial charge in [0.15, 0.2) is 0 Å². The number of hydrogen-bond acceptors (Lipinski definition) is 6. The molecule has 2 aromatic carbocycles. The first kappa shape index (κ1) is 16.6. The van der Waals surface area contributed by atoms with E-state index in [9.17, 15) is 19.7 Å². The topological polar surface area (TPSA) is 137 Å². The predicted molar refractivity (Wildman–Crippen MR) is 84.8 cm³/mol. The number of hydrogen-bond donors (Lipinski definition) is 2. The van der Waals surface area contributed by atoms with Gasteiger partial charge in [-0.15, -0.1) is 0 Å². The molecule has 0 aliphatic rings. The van der Waals surface area contributed by atoms with Gasteiger partial charge >= 0.3 is 12.0 Å². The molecule has 0 aliphatic carbocycles. The van der Waals surface area contributed by atoms with Crippen LogP contribution in [0.2, 0.25) is 0 Å². The molecule has 0 saturated carbocycles. The van der Waals surface area contributed by atoms with Gasteiger partial charge in [0.2, 0.25) is 0 Å². The van der Waals surface area contributed by atoms with Gasteiger partial charge in [-0.05, 0) is 35.9 Å². The van der Waals surface area contributed by atoms with Gasteiger partial charge < -0.3 is 10.5 Å². The summed E-state index contributed by atoms with van der Waals surface area (Å²) in [5, 5.41) is 14.3. The molecule has 2 aromatic rings. The van der Waals surface area contributed by atoms with Crippen LogP contribution in [-0.2, 0) is 0 Å². The Kier molecular flexibility index (Phi) is 5.19. The second kappa shape index (κ2) is 7.49. The molecule has 0 unspecified atom stereocenters. The van der Waals surface area contributed by atoms with Crippen molar-refractivity contribution in [1.82, 2.24) is 5.43 Å². The van der Waals surface area contributed by atoms with E-state index >= 15 is 0 Å². The fourth-order valence-electron chi connectivity index (χ4n) is 1.70. The SMILES string of the molecule is NC(=O)N/N=C\c1ccc(OC(=O)c2cccc([N+](=O)[O-])c2)cc1. The highest BCUT2D eigenvalue weighted by atomic mass is 16.6. The fraction of sp³-hybridized carbons (Fsp3) is 0. The number of esters is 1. The number of nitrogens with zero attached hydrogens (tertiary/aromatic N) is 2. The van der Waals surface area contributed by atoms with Gasteiger partial charge in [-0.25, -0.2) is 15.0 Å². The smallest absolute Gasteiger partial charge is 0.343 e. The van der Waals surface area contributed by atoms with Gasteiger partial charge in [0.1, 0.15) is 5.75 Å². The first-order valence-electron chi connectivity index (χ1n) is 6.61. The zero-order valence-corrected chi connectivity index (χ0v) is 12.2. The summed E-state index contributed by atoms with van der Waals surface area (Å²) in [6, 6.07) is 10.7. The van der Waals surface area contributed by atoms with Crippen molar-refractivity contribution in [2.45, 2.75) is 0 Å². The molecule has 0 radical (unpaired) electrons. The molecule has 24 heavy (non-hydrogen) atoms. The minimum Gasteiger partial charge on any atom is -0.423 e. The van der Waals surface area contributed by atoms with Gasteiger partial charge in [0.05, 0.1) is 16.7 Å². The van der Waals surface area contributed by atoms with Crippen molar-refractivity contribution in [3.8, 4) is 5.75 Å². The maximum Gasteiger partial charge on any atom is 0.343 e. The van der Waals surface area contributed by atoms with E-state index in [-0.39, 0.29) is 17.0 Å². The van der Waals surface area contributed by atoms with E-state index in [0.29, 0.717) is 5.56 Å². The highest BCUT2D eigenvalue weighted by Gasteiger charge is 2.13. The summed E-state index contributed by atoms with van der Waals surface area (Å²) in [7, 11) is 0. The number of nitro groups is 1. The summed E-state index contributed by atoms with van der Waals surface area (Å²) in [6.07, 6.45) is 1.36. The quantitative estimate of drug-likeness (QED) is 0.283. The predicted octanol–water partition coefficient (Wildman–Crippen LogP) is 1.82. The number of nitro benzene ring substituents is 1. The number of hydrazone groups is 1. The minimum absolute atomic E-state index is 0.0699. The van der Waals surface area contributed by atoms with Crippen LogP contribution in [0, 0.1) is 10.1 Å². The number of non-ortho nitro benzene ring substituents is 1. The van der Waals surface area contributed by atoms with Crippen molar-refractivity contribution in [3.05, 3.63) is 69.8 Å². The van der Waals surface area contributed by atoms with Crippen LogP contribution in [0.15, 0.2) is 53.6 Å². The Hall–Kier alpha value is -3.75. The van der Waals surface area contributed by atoms with Crippen molar-refractivity contribution in [2.24, 2.45) is 10.8 Å². The third-order valence-electron chi connectivity index (χ3n) is 2.77. The van der Waals surface area contributed by atoms with E-state index < -0.39 is 16.9 Å². The molecule has 9 nitrogen and oxygen atoms in total. The van der Waals surface area contributed by atoms with E-state index in [2.05, 4.69) is 5.10 Å². The average Bonchev–Trinajstić information content (AvgIpc) is 2.56. The van der Waals surface area contributed by atoms with Gasteiger partial charge in [0, 0.05) is 12.1 Å². The minimum atomic E-state index is -0.784. The van der Waals surface area contributed by atoms with Crippen LogP contribution >= 0.6 is 0 Å². The van der Waals surface area contributed by atoms with Gasteiger partial charge in [0.25, 0.3) is 5.69 Å². The van der Waals surface area contributed by atoms with E-state index in [1.54, 1.807) is 12.1 Å². The van der Waals surface area contributed by atoms with Crippen LogP contribution in [0.3, 0.4) is 0 Å². The van der Waals surface area contributed by atoms with Crippen molar-refractivity contribution in [2.75, 3.05) is 0 Å². The first-order chi connectivity index (χ1) is 11.5. The number of urea groups is 1. The van der Waals surface area contributed by atoms with E-state index in [1.807, 2.05) is 5.43 Å². The molecule has 0 heterocycles. The summed E-state index contributed by atoms with van der Waals surface area (Å²) in [5.74, 6) is -0.456. The van der Waals surface area contributed by atoms with Crippen LogP contribution < -0.4 is 15.9 Å². The van der Waals surface area contributed by atoms with Crippen LogP contribution in [0.4, 0.5) is 10.5 Å². The number of rotatable bonds is 5.